The van der Waals surface area contributed by atoms with Crippen LogP contribution in [0.25, 0.3) is 11.1 Å². The Hall–Kier alpha value is -3.85. The van der Waals surface area contributed by atoms with E-state index < -0.39 is 17.7 Å². The van der Waals surface area contributed by atoms with Gasteiger partial charge in [0.2, 0.25) is 0 Å². The van der Waals surface area contributed by atoms with Crippen molar-refractivity contribution in [2.45, 2.75) is 38.9 Å². The third-order valence-corrected chi connectivity index (χ3v) is 5.89. The molecule has 0 aromatic heterocycles. The average Bonchev–Trinajstić information content (AvgIpc) is 2.88. The second-order valence-electron chi connectivity index (χ2n) is 9.73. The number of alkyl halides is 3. The van der Waals surface area contributed by atoms with E-state index in [1.807, 2.05) is 24.3 Å². The van der Waals surface area contributed by atoms with Crippen molar-refractivity contribution in [1.29, 1.82) is 0 Å². The molecular formula is C30H33F3N2O4. The molecule has 208 valence electrons. The maximum Gasteiger partial charge on any atom is 0.416 e. The minimum absolute atomic E-state index is 0.0566. The number of rotatable bonds is 13. The van der Waals surface area contributed by atoms with E-state index in [4.69, 9.17) is 9.84 Å². The van der Waals surface area contributed by atoms with Gasteiger partial charge in [-0.05, 0) is 65.4 Å². The third-order valence-electron chi connectivity index (χ3n) is 5.89. The standard InChI is InChI=1S/C30H33F3N2O4/c1-20(2)18-39-19-27(35-26-13-9-24(10-14-26)29(38)34-16-15-28(36)37)17-21-3-5-22(6-4-21)23-7-11-25(12-8-23)30(31,32)33/h3-14,20,27,35H,15-19H2,1-2H3,(H,34,38)(H,36,37). The summed E-state index contributed by atoms with van der Waals surface area (Å²) in [6, 6.07) is 19.6. The lowest BCUT2D eigenvalue weighted by molar-refractivity contribution is -0.138. The van der Waals surface area contributed by atoms with Gasteiger partial charge < -0.3 is 20.5 Å². The predicted octanol–water partition coefficient (Wildman–Crippen LogP) is 6.27. The van der Waals surface area contributed by atoms with Gasteiger partial charge >= 0.3 is 12.1 Å². The molecule has 0 bridgehead atoms. The summed E-state index contributed by atoms with van der Waals surface area (Å²) in [7, 11) is 0. The summed E-state index contributed by atoms with van der Waals surface area (Å²) >= 11 is 0. The van der Waals surface area contributed by atoms with Crippen LogP contribution in [-0.2, 0) is 22.1 Å². The Morgan fingerprint density at radius 2 is 1.46 bits per heavy atom. The molecule has 1 atom stereocenters. The zero-order valence-electron chi connectivity index (χ0n) is 21.9. The van der Waals surface area contributed by atoms with Crippen LogP contribution in [0.1, 0.15) is 41.8 Å². The summed E-state index contributed by atoms with van der Waals surface area (Å²) in [6.45, 7) is 5.27. The molecule has 0 fully saturated rings. The zero-order chi connectivity index (χ0) is 28.4. The van der Waals surface area contributed by atoms with E-state index in [9.17, 15) is 22.8 Å². The minimum Gasteiger partial charge on any atom is -0.481 e. The molecule has 3 aromatic rings. The Kier molecular flexibility index (Phi) is 10.5. The summed E-state index contributed by atoms with van der Waals surface area (Å²) in [5.41, 5.74) is 3.12. The average molecular weight is 543 g/mol. The molecule has 3 N–H and O–H groups in total. The van der Waals surface area contributed by atoms with Crippen LogP contribution >= 0.6 is 0 Å². The van der Waals surface area contributed by atoms with E-state index in [1.165, 1.54) is 12.1 Å². The number of hydrogen-bond acceptors (Lipinski definition) is 4. The highest BCUT2D eigenvalue weighted by molar-refractivity contribution is 5.94. The Labute approximate surface area is 226 Å². The molecule has 0 saturated heterocycles. The topological polar surface area (TPSA) is 87.7 Å². The van der Waals surface area contributed by atoms with Gasteiger partial charge in [-0.2, -0.15) is 13.2 Å². The SMILES string of the molecule is CC(C)COCC(Cc1ccc(-c2ccc(C(F)(F)F)cc2)cc1)Nc1ccc(C(=O)NCCC(=O)O)cc1. The fraction of sp³-hybridized carbons (Fsp3) is 0.333. The van der Waals surface area contributed by atoms with Crippen molar-refractivity contribution < 1.29 is 32.6 Å². The fourth-order valence-electron chi connectivity index (χ4n) is 3.91. The third kappa shape index (κ3) is 9.76. The molecule has 0 heterocycles. The number of carboxylic acids is 1. The molecule has 1 amide bonds. The summed E-state index contributed by atoms with van der Waals surface area (Å²) in [5.74, 6) is -0.935. The molecule has 0 aliphatic heterocycles. The van der Waals surface area contributed by atoms with Gasteiger partial charge in [0.05, 0.1) is 24.6 Å². The molecule has 9 heteroatoms. The van der Waals surface area contributed by atoms with E-state index in [-0.39, 0.29) is 24.9 Å². The quantitative estimate of drug-likeness (QED) is 0.237. The summed E-state index contributed by atoms with van der Waals surface area (Å²) in [6.07, 6.45) is -3.87. The molecule has 0 aliphatic carbocycles. The number of hydrogen-bond donors (Lipinski definition) is 3. The number of nitrogens with one attached hydrogen (secondary N) is 2. The number of ether oxygens (including phenoxy) is 1. The lowest BCUT2D eigenvalue weighted by Crippen LogP contribution is -2.29. The van der Waals surface area contributed by atoms with Crippen LogP contribution in [0.4, 0.5) is 18.9 Å². The van der Waals surface area contributed by atoms with E-state index in [1.54, 1.807) is 24.3 Å². The summed E-state index contributed by atoms with van der Waals surface area (Å²) in [5, 5.41) is 14.7. The number of carbonyl (C=O) groups excluding carboxylic acids is 1. The largest absolute Gasteiger partial charge is 0.481 e. The lowest BCUT2D eigenvalue weighted by Gasteiger charge is -2.21. The van der Waals surface area contributed by atoms with E-state index in [0.29, 0.717) is 36.7 Å². The second-order valence-corrected chi connectivity index (χ2v) is 9.73. The van der Waals surface area contributed by atoms with Crippen molar-refractivity contribution in [3.63, 3.8) is 0 Å². The van der Waals surface area contributed by atoms with E-state index in [0.717, 1.165) is 28.9 Å². The normalized spacial score (nSPS) is 12.3. The molecule has 39 heavy (non-hydrogen) atoms. The maximum absolute atomic E-state index is 12.9. The Morgan fingerprint density at radius 3 is 2.00 bits per heavy atom. The van der Waals surface area contributed by atoms with Crippen molar-refractivity contribution in [3.05, 3.63) is 89.5 Å². The number of anilines is 1. The molecule has 0 saturated carbocycles. The van der Waals surface area contributed by atoms with Gasteiger partial charge in [-0.3, -0.25) is 9.59 Å². The van der Waals surface area contributed by atoms with Crippen LogP contribution in [0.5, 0.6) is 0 Å². The molecule has 3 rings (SSSR count). The number of halogens is 3. The van der Waals surface area contributed by atoms with Gasteiger partial charge in [-0.25, -0.2) is 0 Å². The van der Waals surface area contributed by atoms with E-state index in [2.05, 4.69) is 24.5 Å². The first-order chi connectivity index (χ1) is 18.5. The van der Waals surface area contributed by atoms with Gasteiger partial charge in [-0.15, -0.1) is 0 Å². The highest BCUT2D eigenvalue weighted by atomic mass is 19.4. The van der Waals surface area contributed by atoms with Crippen LogP contribution in [0.2, 0.25) is 0 Å². The van der Waals surface area contributed by atoms with Gasteiger partial charge in [0.1, 0.15) is 0 Å². The number of aliphatic carboxylic acids is 1. The van der Waals surface area contributed by atoms with Gasteiger partial charge in [0.25, 0.3) is 5.91 Å². The monoisotopic (exact) mass is 542 g/mol. The molecule has 3 aromatic carbocycles. The first-order valence-electron chi connectivity index (χ1n) is 12.7. The number of benzene rings is 3. The fourth-order valence-corrected chi connectivity index (χ4v) is 3.91. The van der Waals surface area contributed by atoms with Crippen LogP contribution in [0, 0.1) is 5.92 Å². The highest BCUT2D eigenvalue weighted by Crippen LogP contribution is 2.31. The summed E-state index contributed by atoms with van der Waals surface area (Å²) < 4.78 is 44.5. The Morgan fingerprint density at radius 1 is 0.872 bits per heavy atom. The minimum atomic E-state index is -4.36. The lowest BCUT2D eigenvalue weighted by atomic mass is 9.99. The van der Waals surface area contributed by atoms with E-state index >= 15 is 0 Å². The molecule has 0 aliphatic rings. The first-order valence-corrected chi connectivity index (χ1v) is 12.7. The van der Waals surface area contributed by atoms with Gasteiger partial charge in [-0.1, -0.05) is 50.2 Å². The van der Waals surface area contributed by atoms with Crippen molar-refractivity contribution in [3.8, 4) is 11.1 Å². The smallest absolute Gasteiger partial charge is 0.416 e. The van der Waals surface area contributed by atoms with Gasteiger partial charge in [0, 0.05) is 24.4 Å². The van der Waals surface area contributed by atoms with Crippen molar-refractivity contribution in [2.24, 2.45) is 5.92 Å². The summed E-state index contributed by atoms with van der Waals surface area (Å²) in [4.78, 5) is 22.8. The predicted molar refractivity (Wildman–Crippen MR) is 145 cm³/mol. The Balaban J connectivity index is 1.65. The number of amides is 1. The first kappa shape index (κ1) is 29.7. The van der Waals surface area contributed by atoms with Crippen molar-refractivity contribution in [2.75, 3.05) is 25.1 Å². The van der Waals surface area contributed by atoms with Crippen LogP contribution < -0.4 is 10.6 Å². The number of carbonyl (C=O) groups is 2. The molecule has 6 nitrogen and oxygen atoms in total. The highest BCUT2D eigenvalue weighted by Gasteiger charge is 2.30. The van der Waals surface area contributed by atoms with Gasteiger partial charge in [0.15, 0.2) is 0 Å². The molecule has 0 radical (unpaired) electrons. The second kappa shape index (κ2) is 13.8. The molecule has 0 spiro atoms. The zero-order valence-corrected chi connectivity index (χ0v) is 21.9. The molecular weight excluding hydrogens is 509 g/mol. The molecule has 1 unspecified atom stereocenters. The van der Waals surface area contributed by atoms with Crippen LogP contribution in [-0.4, -0.2) is 42.8 Å². The number of carboxylic acid groups (broad SMARTS) is 1. The Bertz CT molecular complexity index is 1210. The van der Waals surface area contributed by atoms with Crippen LogP contribution in [0.15, 0.2) is 72.8 Å². The van der Waals surface area contributed by atoms with Crippen molar-refractivity contribution in [1.82, 2.24) is 5.32 Å². The van der Waals surface area contributed by atoms with Crippen molar-refractivity contribution >= 4 is 17.6 Å². The van der Waals surface area contributed by atoms with Crippen LogP contribution in [0.3, 0.4) is 0 Å². The maximum atomic E-state index is 12.9.